The van der Waals surface area contributed by atoms with Gasteiger partial charge in [0.25, 0.3) is 0 Å². The topological polar surface area (TPSA) is 67.3 Å². The molecule has 0 radical (unpaired) electrons. The Morgan fingerprint density at radius 2 is 2.36 bits per heavy atom. The van der Waals surface area contributed by atoms with Crippen LogP contribution in [0.4, 0.5) is 0 Å². The predicted octanol–water partition coefficient (Wildman–Crippen LogP) is 0.262. The van der Waals surface area contributed by atoms with E-state index < -0.39 is 0 Å². The molecule has 2 aromatic heterocycles. The van der Waals surface area contributed by atoms with Crippen LogP contribution in [0, 0.1) is 0 Å². The maximum absolute atomic E-state index is 7.43. The van der Waals surface area contributed by atoms with Gasteiger partial charge in [-0.2, -0.15) is 5.10 Å². The Kier molecular flexibility index (Phi) is 0.687. The third-order valence-electron chi connectivity index (χ3n) is 1.03. The summed E-state index contributed by atoms with van der Waals surface area (Å²) in [6.45, 7) is 0. The third kappa shape index (κ3) is 1.07. The summed E-state index contributed by atoms with van der Waals surface area (Å²) in [6.07, 6.45) is -1.21. The number of aromatic nitrogens is 5. The molecular formula is C6H5N5. The van der Waals surface area contributed by atoms with Crippen molar-refractivity contribution >= 4 is 0 Å². The second-order valence-electron chi connectivity index (χ2n) is 1.69. The van der Waals surface area contributed by atoms with Crippen LogP contribution in [0.2, 0.25) is 0 Å². The summed E-state index contributed by atoms with van der Waals surface area (Å²) >= 11 is 0. The highest BCUT2D eigenvalue weighted by Crippen LogP contribution is 2.05. The highest BCUT2D eigenvalue weighted by molar-refractivity contribution is 5.44. The molecule has 0 atom stereocenters. The van der Waals surface area contributed by atoms with Crippen molar-refractivity contribution in [2.45, 2.75) is 0 Å². The second-order valence-corrected chi connectivity index (χ2v) is 1.69. The molecule has 2 heterocycles. The van der Waals surface area contributed by atoms with Gasteiger partial charge in [0.05, 0.1) is 10.3 Å². The summed E-state index contributed by atoms with van der Waals surface area (Å²) in [4.78, 5) is 10.8. The molecule has 0 saturated heterocycles. The van der Waals surface area contributed by atoms with Gasteiger partial charge in [0.15, 0.2) is 5.82 Å². The van der Waals surface area contributed by atoms with Gasteiger partial charge >= 0.3 is 0 Å². The monoisotopic (exact) mass is 151 g/mol. The normalized spacial score (nSPS) is 14.9. The molecule has 0 aliphatic carbocycles. The van der Waals surface area contributed by atoms with Crippen LogP contribution in [0.5, 0.6) is 0 Å². The first-order valence-corrected chi connectivity index (χ1v) is 2.79. The number of rotatable bonds is 1. The molecule has 5 nitrogen and oxygen atoms in total. The molecule has 2 aromatic rings. The fraction of sp³-hybridized carbons (Fsp3) is 0. The van der Waals surface area contributed by atoms with E-state index in [9.17, 15) is 0 Å². The fourth-order valence-corrected chi connectivity index (χ4v) is 0.602. The average Bonchev–Trinajstić information content (AvgIpc) is 2.58. The molecule has 0 fully saturated rings. The van der Waals surface area contributed by atoms with Crippen molar-refractivity contribution in [1.29, 1.82) is 0 Å². The van der Waals surface area contributed by atoms with Crippen LogP contribution in [-0.2, 0) is 0 Å². The zero-order valence-electron chi connectivity index (χ0n) is 9.29. The van der Waals surface area contributed by atoms with Gasteiger partial charge in [-0.25, -0.2) is 9.97 Å². The van der Waals surface area contributed by atoms with Crippen LogP contribution < -0.4 is 0 Å². The average molecular weight is 151 g/mol. The highest BCUT2D eigenvalue weighted by Gasteiger charge is 1.98. The minimum absolute atomic E-state index is 0.0157. The maximum atomic E-state index is 7.43. The van der Waals surface area contributed by atoms with Gasteiger partial charge in [0, 0.05) is 12.3 Å². The Labute approximate surface area is 68.2 Å². The molecule has 0 aromatic carbocycles. The molecule has 2 rings (SSSR count). The van der Waals surface area contributed by atoms with Crippen molar-refractivity contribution in [3.05, 3.63) is 24.8 Å². The summed E-state index contributed by atoms with van der Waals surface area (Å²) in [7, 11) is 0. The Hall–Kier alpha value is -1.78. The molecule has 1 N–H and O–H groups in total. The molecule has 0 amide bonds. The predicted molar refractivity (Wildman–Crippen MR) is 37.4 cm³/mol. The van der Waals surface area contributed by atoms with Crippen molar-refractivity contribution in [1.82, 2.24) is 25.1 Å². The number of hydrogen-bond donors (Lipinski definition) is 1. The Bertz CT molecular complexity index is 510. The van der Waals surface area contributed by atoms with E-state index in [4.69, 9.17) is 5.48 Å². The van der Waals surface area contributed by atoms with Gasteiger partial charge < -0.3 is 0 Å². The summed E-state index contributed by atoms with van der Waals surface area (Å²) in [6, 6.07) is 0. The molecule has 5 heteroatoms. The molecule has 54 valence electrons. The zero-order chi connectivity index (χ0) is 11.0. The van der Waals surface area contributed by atoms with E-state index in [0.717, 1.165) is 0 Å². The van der Waals surface area contributed by atoms with E-state index in [0.29, 0.717) is 0 Å². The summed E-state index contributed by atoms with van der Waals surface area (Å²) in [5.74, 6) is 0.103. The van der Waals surface area contributed by atoms with Gasteiger partial charge in [-0.3, -0.25) is 10.1 Å². The Balaban J connectivity index is 2.58. The first-order chi connectivity index (χ1) is 7.08. The standard InChI is InChI=1S/C6H5N5/c1-2-8-5(3-7-1)6-9-4-10-11-6/h1-4H,(H,9,10,11)/i1D,2D,3D,4D. The van der Waals surface area contributed by atoms with Crippen LogP contribution in [0.3, 0.4) is 0 Å². The van der Waals surface area contributed by atoms with Gasteiger partial charge in [-0.15, -0.1) is 0 Å². The van der Waals surface area contributed by atoms with E-state index in [-0.39, 0.29) is 36.3 Å². The van der Waals surface area contributed by atoms with E-state index in [2.05, 4.69) is 25.1 Å². The molecule has 0 saturated carbocycles. The van der Waals surface area contributed by atoms with Crippen LogP contribution in [0.25, 0.3) is 11.5 Å². The van der Waals surface area contributed by atoms with Crippen LogP contribution in [-0.4, -0.2) is 25.1 Å². The van der Waals surface area contributed by atoms with Gasteiger partial charge in [0.2, 0.25) is 0 Å². The number of aromatic amines is 1. The minimum Gasteiger partial charge on any atom is -0.261 e. The first kappa shape index (κ1) is 3.08. The lowest BCUT2D eigenvalue weighted by molar-refractivity contribution is 1.08. The number of H-pyrrole nitrogens is 1. The van der Waals surface area contributed by atoms with Crippen molar-refractivity contribution in [3.63, 3.8) is 0 Å². The molecule has 0 unspecified atom stereocenters. The van der Waals surface area contributed by atoms with Crippen LogP contribution in [0.15, 0.2) is 24.8 Å². The van der Waals surface area contributed by atoms with E-state index in [1.54, 1.807) is 0 Å². The van der Waals surface area contributed by atoms with Gasteiger partial charge in [-0.1, -0.05) is 0 Å². The lowest BCUT2D eigenvalue weighted by atomic mass is 10.4. The largest absolute Gasteiger partial charge is 0.261 e. The summed E-state index contributed by atoms with van der Waals surface area (Å²) < 4.78 is 28.9. The molecule has 0 bridgehead atoms. The lowest BCUT2D eigenvalue weighted by Gasteiger charge is -1.89. The van der Waals surface area contributed by atoms with Crippen molar-refractivity contribution < 1.29 is 5.48 Å². The smallest absolute Gasteiger partial charge is 0.175 e. The van der Waals surface area contributed by atoms with E-state index in [1.165, 1.54) is 0 Å². The first-order valence-electron chi connectivity index (χ1n) is 4.79. The fourth-order valence-electron chi connectivity index (χ4n) is 0.602. The van der Waals surface area contributed by atoms with Crippen LogP contribution in [0.1, 0.15) is 5.48 Å². The van der Waals surface area contributed by atoms with Crippen LogP contribution >= 0.6 is 0 Å². The molecule has 0 aliphatic rings. The summed E-state index contributed by atoms with van der Waals surface area (Å²) in [5.41, 5.74) is 0.0157. The van der Waals surface area contributed by atoms with E-state index in [1.807, 2.05) is 0 Å². The van der Waals surface area contributed by atoms with Crippen molar-refractivity contribution in [2.75, 3.05) is 0 Å². The van der Waals surface area contributed by atoms with Gasteiger partial charge in [-0.05, 0) is 0 Å². The third-order valence-corrected chi connectivity index (χ3v) is 1.03. The summed E-state index contributed by atoms with van der Waals surface area (Å²) in [5, 5.41) is 5.85. The Morgan fingerprint density at radius 1 is 1.36 bits per heavy atom. The molecular weight excluding hydrogens is 142 g/mol. The maximum Gasteiger partial charge on any atom is 0.175 e. The van der Waals surface area contributed by atoms with Crippen molar-refractivity contribution in [2.24, 2.45) is 0 Å². The molecule has 0 aliphatic heterocycles. The molecule has 0 spiro atoms. The van der Waals surface area contributed by atoms with Crippen molar-refractivity contribution in [3.8, 4) is 11.5 Å². The number of nitrogens with one attached hydrogen (secondary N) is 1. The number of hydrogen-bond acceptors (Lipinski definition) is 4. The zero-order valence-corrected chi connectivity index (χ0v) is 5.29. The molecule has 11 heavy (non-hydrogen) atoms. The number of nitrogens with zero attached hydrogens (tertiary/aromatic N) is 4. The lowest BCUT2D eigenvalue weighted by Crippen LogP contribution is -1.85. The Morgan fingerprint density at radius 3 is 3.18 bits per heavy atom. The van der Waals surface area contributed by atoms with E-state index >= 15 is 0 Å². The quantitative estimate of drug-likeness (QED) is 0.634. The highest BCUT2D eigenvalue weighted by atomic mass is 15.2. The van der Waals surface area contributed by atoms with Gasteiger partial charge in [0.1, 0.15) is 13.4 Å². The second kappa shape index (κ2) is 2.45. The SMILES string of the molecule is [2H]c1n[nH]c(-c2nc([2H])c([2H])nc2[2H])n1. The minimum atomic E-state index is -0.366.